The topological polar surface area (TPSA) is 88.3 Å². The lowest BCUT2D eigenvalue weighted by molar-refractivity contribution is 0.0738. The van der Waals surface area contributed by atoms with E-state index in [0.29, 0.717) is 43.8 Å². The molecule has 116 valence electrons. The minimum absolute atomic E-state index is 0.0962. The van der Waals surface area contributed by atoms with E-state index in [1.807, 2.05) is 18.7 Å². The van der Waals surface area contributed by atoms with Gasteiger partial charge in [-0.2, -0.15) is 0 Å². The molecule has 1 saturated heterocycles. The van der Waals surface area contributed by atoms with Gasteiger partial charge in [0, 0.05) is 44.5 Å². The predicted molar refractivity (Wildman–Crippen MR) is 78.5 cm³/mol. The summed E-state index contributed by atoms with van der Waals surface area (Å²) in [6.45, 7) is 6.52. The molecule has 3 rings (SSSR count). The van der Waals surface area contributed by atoms with Crippen LogP contribution in [-0.2, 0) is 0 Å². The molecular weight excluding hydrogens is 284 g/mol. The van der Waals surface area contributed by atoms with Gasteiger partial charge in [-0.1, -0.05) is 18.9 Å². The van der Waals surface area contributed by atoms with Gasteiger partial charge in [-0.15, -0.1) is 5.10 Å². The van der Waals surface area contributed by atoms with Crippen molar-refractivity contribution < 1.29 is 9.21 Å². The highest BCUT2D eigenvalue weighted by molar-refractivity contribution is 5.92. The van der Waals surface area contributed by atoms with E-state index in [0.717, 1.165) is 0 Å². The van der Waals surface area contributed by atoms with Gasteiger partial charge < -0.3 is 14.2 Å². The van der Waals surface area contributed by atoms with Gasteiger partial charge in [-0.25, -0.2) is 4.98 Å². The van der Waals surface area contributed by atoms with Gasteiger partial charge in [-0.3, -0.25) is 9.78 Å². The van der Waals surface area contributed by atoms with Crippen molar-refractivity contribution in [1.82, 2.24) is 25.1 Å². The Bertz CT molecular complexity index is 634. The van der Waals surface area contributed by atoms with Crippen molar-refractivity contribution in [2.45, 2.75) is 19.8 Å². The Labute approximate surface area is 128 Å². The highest BCUT2D eigenvalue weighted by Crippen LogP contribution is 2.19. The van der Waals surface area contributed by atoms with Crippen LogP contribution in [0.15, 0.2) is 23.0 Å². The van der Waals surface area contributed by atoms with Crippen LogP contribution >= 0.6 is 0 Å². The zero-order valence-electron chi connectivity index (χ0n) is 12.6. The Kier molecular flexibility index (Phi) is 3.99. The second kappa shape index (κ2) is 6.08. The number of aromatic nitrogens is 4. The van der Waals surface area contributed by atoms with Crippen LogP contribution in [0.4, 0.5) is 6.01 Å². The summed E-state index contributed by atoms with van der Waals surface area (Å²) in [5.74, 6) is 0.745. The second-order valence-corrected chi connectivity index (χ2v) is 5.45. The van der Waals surface area contributed by atoms with Crippen molar-refractivity contribution in [3.63, 3.8) is 0 Å². The number of hydrogen-bond donors (Lipinski definition) is 0. The van der Waals surface area contributed by atoms with Gasteiger partial charge in [0.1, 0.15) is 5.69 Å². The standard InChI is InChI=1S/C14H18N6O2/c1-10(2)12-17-18-14(22-12)20-7-5-19(6-8-20)13(21)11-9-15-3-4-16-11/h3-4,9-10H,5-8H2,1-2H3. The minimum Gasteiger partial charge on any atom is -0.408 e. The number of carbonyl (C=O) groups excluding carboxylic acids is 1. The molecule has 2 aromatic heterocycles. The molecule has 0 N–H and O–H groups in total. The number of piperazine rings is 1. The fraction of sp³-hybridized carbons (Fsp3) is 0.500. The van der Waals surface area contributed by atoms with Crippen molar-refractivity contribution in [3.8, 4) is 0 Å². The van der Waals surface area contributed by atoms with Gasteiger partial charge in [0.25, 0.3) is 5.91 Å². The molecule has 1 aliphatic rings. The molecule has 3 heterocycles. The van der Waals surface area contributed by atoms with E-state index in [9.17, 15) is 4.79 Å². The first-order chi connectivity index (χ1) is 10.6. The van der Waals surface area contributed by atoms with E-state index in [4.69, 9.17) is 4.42 Å². The van der Waals surface area contributed by atoms with Gasteiger partial charge in [0.2, 0.25) is 5.89 Å². The maximum atomic E-state index is 12.3. The number of amides is 1. The highest BCUT2D eigenvalue weighted by atomic mass is 16.4. The molecule has 1 fully saturated rings. The summed E-state index contributed by atoms with van der Waals surface area (Å²) >= 11 is 0. The molecule has 2 aromatic rings. The van der Waals surface area contributed by atoms with Crippen LogP contribution in [0, 0.1) is 0 Å². The number of anilines is 1. The van der Waals surface area contributed by atoms with Crippen molar-refractivity contribution in [2.24, 2.45) is 0 Å². The largest absolute Gasteiger partial charge is 0.408 e. The molecule has 0 radical (unpaired) electrons. The molecule has 0 spiro atoms. The van der Waals surface area contributed by atoms with E-state index in [2.05, 4.69) is 20.2 Å². The maximum absolute atomic E-state index is 12.3. The third-order valence-corrected chi connectivity index (χ3v) is 3.54. The molecule has 0 aliphatic carbocycles. The molecule has 0 bridgehead atoms. The first-order valence-corrected chi connectivity index (χ1v) is 7.29. The molecule has 1 amide bonds. The lowest BCUT2D eigenvalue weighted by Gasteiger charge is -2.33. The third kappa shape index (κ3) is 2.90. The van der Waals surface area contributed by atoms with E-state index in [1.165, 1.54) is 12.4 Å². The van der Waals surface area contributed by atoms with Gasteiger partial charge >= 0.3 is 6.01 Å². The van der Waals surface area contributed by atoms with Crippen LogP contribution in [0.5, 0.6) is 0 Å². The summed E-state index contributed by atoms with van der Waals surface area (Å²) < 4.78 is 5.64. The van der Waals surface area contributed by atoms with Crippen LogP contribution in [0.1, 0.15) is 36.1 Å². The summed E-state index contributed by atoms with van der Waals surface area (Å²) in [5.41, 5.74) is 0.371. The molecular formula is C14H18N6O2. The lowest BCUT2D eigenvalue weighted by atomic mass is 10.2. The minimum atomic E-state index is -0.0962. The normalized spacial score (nSPS) is 15.4. The summed E-state index contributed by atoms with van der Waals surface area (Å²) in [6, 6.07) is 0.523. The summed E-state index contributed by atoms with van der Waals surface area (Å²) in [7, 11) is 0. The van der Waals surface area contributed by atoms with E-state index in [-0.39, 0.29) is 11.8 Å². The van der Waals surface area contributed by atoms with Gasteiger partial charge in [0.15, 0.2) is 0 Å². The fourth-order valence-electron chi connectivity index (χ4n) is 2.26. The third-order valence-electron chi connectivity index (χ3n) is 3.54. The van der Waals surface area contributed by atoms with Crippen LogP contribution in [0.3, 0.4) is 0 Å². The van der Waals surface area contributed by atoms with Crippen molar-refractivity contribution in [1.29, 1.82) is 0 Å². The van der Waals surface area contributed by atoms with Gasteiger partial charge in [-0.05, 0) is 0 Å². The zero-order valence-corrected chi connectivity index (χ0v) is 12.6. The summed E-state index contributed by atoms with van der Waals surface area (Å²) in [6.07, 6.45) is 4.56. The predicted octanol–water partition coefficient (Wildman–Crippen LogP) is 0.945. The molecule has 0 atom stereocenters. The van der Waals surface area contributed by atoms with E-state index >= 15 is 0 Å². The fourth-order valence-corrected chi connectivity index (χ4v) is 2.26. The lowest BCUT2D eigenvalue weighted by Crippen LogP contribution is -2.49. The second-order valence-electron chi connectivity index (χ2n) is 5.45. The Morgan fingerprint density at radius 2 is 1.95 bits per heavy atom. The maximum Gasteiger partial charge on any atom is 0.318 e. The van der Waals surface area contributed by atoms with Crippen LogP contribution in [0.2, 0.25) is 0 Å². The first kappa shape index (κ1) is 14.4. The zero-order chi connectivity index (χ0) is 15.5. The van der Waals surface area contributed by atoms with Gasteiger partial charge in [0.05, 0.1) is 6.20 Å². The Morgan fingerprint density at radius 1 is 1.18 bits per heavy atom. The molecule has 22 heavy (non-hydrogen) atoms. The smallest absolute Gasteiger partial charge is 0.318 e. The molecule has 0 saturated carbocycles. The number of nitrogens with zero attached hydrogens (tertiary/aromatic N) is 6. The average Bonchev–Trinajstić information content (AvgIpc) is 3.05. The monoisotopic (exact) mass is 302 g/mol. The van der Waals surface area contributed by atoms with E-state index < -0.39 is 0 Å². The average molecular weight is 302 g/mol. The van der Waals surface area contributed by atoms with Crippen molar-refractivity contribution >= 4 is 11.9 Å². The Hall–Kier alpha value is -2.51. The number of hydrogen-bond acceptors (Lipinski definition) is 7. The van der Waals surface area contributed by atoms with E-state index in [1.54, 1.807) is 11.1 Å². The number of carbonyl (C=O) groups is 1. The summed E-state index contributed by atoms with van der Waals surface area (Å²) in [5, 5.41) is 8.11. The molecule has 0 unspecified atom stereocenters. The Balaban J connectivity index is 1.61. The van der Waals surface area contributed by atoms with Crippen LogP contribution in [0.25, 0.3) is 0 Å². The molecule has 1 aliphatic heterocycles. The molecule has 0 aromatic carbocycles. The molecule has 8 nitrogen and oxygen atoms in total. The molecule has 8 heteroatoms. The highest BCUT2D eigenvalue weighted by Gasteiger charge is 2.25. The Morgan fingerprint density at radius 3 is 2.55 bits per heavy atom. The first-order valence-electron chi connectivity index (χ1n) is 7.29. The quantitative estimate of drug-likeness (QED) is 0.833. The van der Waals surface area contributed by atoms with Crippen molar-refractivity contribution in [2.75, 3.05) is 31.1 Å². The van der Waals surface area contributed by atoms with Crippen LogP contribution < -0.4 is 4.90 Å². The van der Waals surface area contributed by atoms with Crippen molar-refractivity contribution in [3.05, 3.63) is 30.2 Å². The van der Waals surface area contributed by atoms with Crippen LogP contribution in [-0.4, -0.2) is 57.2 Å². The summed E-state index contributed by atoms with van der Waals surface area (Å²) in [4.78, 5) is 24.0. The SMILES string of the molecule is CC(C)c1nnc(N2CCN(C(=O)c3cnccn3)CC2)o1. The number of rotatable bonds is 3.